The van der Waals surface area contributed by atoms with Crippen LogP contribution in [0.3, 0.4) is 0 Å². The van der Waals surface area contributed by atoms with Crippen molar-refractivity contribution in [3.05, 3.63) is 42.1 Å². The summed E-state index contributed by atoms with van der Waals surface area (Å²) in [5.74, 6) is 1.64. The Labute approximate surface area is 132 Å². The number of rotatable bonds is 3. The first kappa shape index (κ1) is 14.2. The Hall–Kier alpha value is -1.45. The average molecular weight is 296 g/mol. The van der Waals surface area contributed by atoms with Crippen molar-refractivity contribution < 1.29 is 4.74 Å². The molecule has 3 nitrogen and oxygen atoms in total. The Morgan fingerprint density at radius 1 is 1.18 bits per heavy atom. The molecule has 2 fully saturated rings. The molecule has 0 N–H and O–H groups in total. The van der Waals surface area contributed by atoms with Gasteiger partial charge in [0.2, 0.25) is 0 Å². The first-order chi connectivity index (χ1) is 10.9. The van der Waals surface area contributed by atoms with Crippen molar-refractivity contribution in [2.45, 2.75) is 25.8 Å². The average Bonchev–Trinajstić information content (AvgIpc) is 2.71. The van der Waals surface area contributed by atoms with Gasteiger partial charge in [0.05, 0.1) is 18.7 Å². The van der Waals surface area contributed by atoms with Crippen LogP contribution in [-0.2, 0) is 11.3 Å². The van der Waals surface area contributed by atoms with E-state index in [1.165, 1.54) is 36.8 Å². The number of benzene rings is 1. The first-order valence-corrected chi connectivity index (χ1v) is 8.52. The maximum absolute atomic E-state index is 5.85. The van der Waals surface area contributed by atoms with Gasteiger partial charge in [0.25, 0.3) is 0 Å². The van der Waals surface area contributed by atoms with Crippen molar-refractivity contribution in [1.29, 1.82) is 0 Å². The van der Waals surface area contributed by atoms with Crippen LogP contribution in [-0.4, -0.2) is 36.2 Å². The summed E-state index contributed by atoms with van der Waals surface area (Å²) in [5, 5.41) is 1.24. The quantitative estimate of drug-likeness (QED) is 0.867. The second-order valence-electron chi connectivity index (χ2n) is 6.79. The normalized spacial score (nSPS) is 24.1. The lowest BCUT2D eigenvalue weighted by molar-refractivity contribution is 0.0769. The Morgan fingerprint density at radius 3 is 3.00 bits per heavy atom. The zero-order chi connectivity index (χ0) is 14.8. The van der Waals surface area contributed by atoms with Gasteiger partial charge >= 0.3 is 0 Å². The van der Waals surface area contributed by atoms with E-state index in [1.807, 2.05) is 12.3 Å². The molecule has 1 saturated carbocycles. The second-order valence-corrected chi connectivity index (χ2v) is 6.79. The van der Waals surface area contributed by atoms with Gasteiger partial charge in [0.15, 0.2) is 0 Å². The molecule has 1 unspecified atom stereocenters. The van der Waals surface area contributed by atoms with E-state index in [-0.39, 0.29) is 0 Å². The molecule has 1 aliphatic heterocycles. The monoisotopic (exact) mass is 296 g/mol. The highest BCUT2D eigenvalue weighted by Crippen LogP contribution is 2.35. The lowest BCUT2D eigenvalue weighted by atomic mass is 9.76. The number of nitrogens with zero attached hydrogens (tertiary/aromatic N) is 2. The van der Waals surface area contributed by atoms with E-state index in [9.17, 15) is 0 Å². The number of ether oxygens (including phenoxy) is 1. The molecule has 1 aliphatic carbocycles. The van der Waals surface area contributed by atoms with Crippen LogP contribution >= 0.6 is 0 Å². The van der Waals surface area contributed by atoms with E-state index < -0.39 is 0 Å². The van der Waals surface area contributed by atoms with Crippen LogP contribution in [0.2, 0.25) is 0 Å². The van der Waals surface area contributed by atoms with E-state index in [0.29, 0.717) is 0 Å². The summed E-state index contributed by atoms with van der Waals surface area (Å²) >= 11 is 0. The molecule has 2 aliphatic rings. The molecule has 0 spiro atoms. The Morgan fingerprint density at radius 2 is 2.14 bits per heavy atom. The van der Waals surface area contributed by atoms with Crippen LogP contribution in [0.15, 0.2) is 36.5 Å². The summed E-state index contributed by atoms with van der Waals surface area (Å²) in [7, 11) is 0. The number of hydrogen-bond donors (Lipinski definition) is 0. The summed E-state index contributed by atoms with van der Waals surface area (Å²) < 4.78 is 5.85. The van der Waals surface area contributed by atoms with E-state index in [2.05, 4.69) is 34.1 Å². The highest BCUT2D eigenvalue weighted by molar-refractivity contribution is 5.78. The Balaban J connectivity index is 1.47. The van der Waals surface area contributed by atoms with Gasteiger partial charge in [-0.15, -0.1) is 0 Å². The number of pyridine rings is 1. The molecular weight excluding hydrogens is 272 g/mol. The van der Waals surface area contributed by atoms with Gasteiger partial charge in [0, 0.05) is 31.2 Å². The van der Waals surface area contributed by atoms with Crippen molar-refractivity contribution in [2.24, 2.45) is 11.8 Å². The van der Waals surface area contributed by atoms with Crippen molar-refractivity contribution in [3.63, 3.8) is 0 Å². The van der Waals surface area contributed by atoms with Crippen molar-refractivity contribution in [3.8, 4) is 0 Å². The van der Waals surface area contributed by atoms with E-state index in [1.54, 1.807) is 0 Å². The van der Waals surface area contributed by atoms with Gasteiger partial charge in [-0.1, -0.05) is 31.4 Å². The molecule has 22 heavy (non-hydrogen) atoms. The molecule has 116 valence electrons. The minimum absolute atomic E-state index is 0.735. The molecule has 2 heterocycles. The molecule has 1 saturated heterocycles. The zero-order valence-corrected chi connectivity index (χ0v) is 13.1. The SMILES string of the molecule is c1cnc2ccc(CN3CCOCC(C4CCC4)C3)cc2c1. The minimum atomic E-state index is 0.735. The molecule has 4 rings (SSSR count). The first-order valence-electron chi connectivity index (χ1n) is 8.52. The molecule has 3 heteroatoms. The molecule has 0 bridgehead atoms. The number of hydrogen-bond acceptors (Lipinski definition) is 3. The predicted octanol–water partition coefficient (Wildman–Crippen LogP) is 3.48. The lowest BCUT2D eigenvalue weighted by Gasteiger charge is -2.35. The van der Waals surface area contributed by atoms with Gasteiger partial charge in [-0.2, -0.15) is 0 Å². The minimum Gasteiger partial charge on any atom is -0.380 e. The van der Waals surface area contributed by atoms with E-state index in [0.717, 1.165) is 43.7 Å². The van der Waals surface area contributed by atoms with Gasteiger partial charge in [-0.25, -0.2) is 0 Å². The summed E-state index contributed by atoms with van der Waals surface area (Å²) in [5.41, 5.74) is 2.47. The molecule has 1 aromatic heterocycles. The fourth-order valence-electron chi connectivity index (χ4n) is 3.73. The van der Waals surface area contributed by atoms with Crippen LogP contribution in [0, 0.1) is 11.8 Å². The molecular formula is C19H24N2O. The fraction of sp³-hybridized carbons (Fsp3) is 0.526. The van der Waals surface area contributed by atoms with Gasteiger partial charge < -0.3 is 4.74 Å². The maximum atomic E-state index is 5.85. The molecule has 0 radical (unpaired) electrons. The van der Waals surface area contributed by atoms with Crippen LogP contribution in [0.25, 0.3) is 10.9 Å². The zero-order valence-electron chi connectivity index (χ0n) is 13.1. The Kier molecular flexibility index (Phi) is 4.09. The van der Waals surface area contributed by atoms with Crippen LogP contribution < -0.4 is 0 Å². The third-order valence-electron chi connectivity index (χ3n) is 5.27. The van der Waals surface area contributed by atoms with Crippen molar-refractivity contribution >= 4 is 10.9 Å². The Bertz CT molecular complexity index is 638. The summed E-state index contributed by atoms with van der Waals surface area (Å²) in [6, 6.07) is 10.8. The van der Waals surface area contributed by atoms with Crippen molar-refractivity contribution in [1.82, 2.24) is 9.88 Å². The summed E-state index contributed by atoms with van der Waals surface area (Å²) in [6.07, 6.45) is 6.09. The number of fused-ring (bicyclic) bond motifs is 1. The standard InChI is InChI=1S/C19H24N2O/c1-3-16(4-1)18-13-21(9-10-22-14-18)12-15-6-7-19-17(11-15)5-2-8-20-19/h2,5-8,11,16,18H,1,3-4,9-10,12-14H2. The third-order valence-corrected chi connectivity index (χ3v) is 5.27. The maximum Gasteiger partial charge on any atom is 0.0702 e. The molecule has 0 amide bonds. The third kappa shape index (κ3) is 3.01. The van der Waals surface area contributed by atoms with Crippen LogP contribution in [0.1, 0.15) is 24.8 Å². The van der Waals surface area contributed by atoms with Crippen LogP contribution in [0.5, 0.6) is 0 Å². The van der Waals surface area contributed by atoms with Crippen molar-refractivity contribution in [2.75, 3.05) is 26.3 Å². The van der Waals surface area contributed by atoms with Gasteiger partial charge in [0.1, 0.15) is 0 Å². The second kappa shape index (κ2) is 6.35. The van der Waals surface area contributed by atoms with Gasteiger partial charge in [-0.05, 0) is 35.6 Å². The summed E-state index contributed by atoms with van der Waals surface area (Å²) in [6.45, 7) is 5.10. The predicted molar refractivity (Wildman–Crippen MR) is 88.7 cm³/mol. The van der Waals surface area contributed by atoms with Crippen LogP contribution in [0.4, 0.5) is 0 Å². The largest absolute Gasteiger partial charge is 0.380 e. The molecule has 1 atom stereocenters. The molecule has 2 aromatic rings. The number of aromatic nitrogens is 1. The summed E-state index contributed by atoms with van der Waals surface area (Å²) in [4.78, 5) is 6.98. The smallest absolute Gasteiger partial charge is 0.0702 e. The fourth-order valence-corrected chi connectivity index (χ4v) is 3.73. The highest BCUT2D eigenvalue weighted by Gasteiger charge is 2.30. The highest BCUT2D eigenvalue weighted by atomic mass is 16.5. The van der Waals surface area contributed by atoms with E-state index in [4.69, 9.17) is 4.74 Å². The lowest BCUT2D eigenvalue weighted by Crippen LogP contribution is -2.35. The van der Waals surface area contributed by atoms with E-state index >= 15 is 0 Å². The molecule has 1 aromatic carbocycles. The van der Waals surface area contributed by atoms with Gasteiger partial charge in [-0.3, -0.25) is 9.88 Å². The topological polar surface area (TPSA) is 25.4 Å².